The average molecular weight is 302 g/mol. The monoisotopic (exact) mass is 302 g/mol. The van der Waals surface area contributed by atoms with Crippen molar-refractivity contribution in [3.63, 3.8) is 0 Å². The molecule has 0 aliphatic carbocycles. The fourth-order valence-corrected chi connectivity index (χ4v) is 1.86. The molecule has 1 aromatic carbocycles. The van der Waals surface area contributed by atoms with Crippen molar-refractivity contribution in [2.24, 2.45) is 0 Å². The highest BCUT2D eigenvalue weighted by Crippen LogP contribution is 2.19. The van der Waals surface area contributed by atoms with Crippen molar-refractivity contribution in [1.82, 2.24) is 14.8 Å². The largest absolute Gasteiger partial charge is 0.491 e. The number of aromatic nitrogens is 3. The van der Waals surface area contributed by atoms with Gasteiger partial charge in [0.2, 0.25) is 6.33 Å². The van der Waals surface area contributed by atoms with Gasteiger partial charge in [0.25, 0.3) is 0 Å². The van der Waals surface area contributed by atoms with Gasteiger partial charge in [-0.2, -0.15) is 4.68 Å². The standard InChI is InChI=1S/C13H10N4O5/c18-12-4-2-9-1-3-10(7-11(9)22-12)21-6-5-16-8-14-13(15-16)17(19)20/h1-4,7-8H,5-6H2. The molecule has 0 unspecified atom stereocenters. The lowest BCUT2D eigenvalue weighted by molar-refractivity contribution is -0.394. The minimum absolute atomic E-state index is 0.239. The molecule has 0 atom stereocenters. The SMILES string of the molecule is O=c1ccc2ccc(OCCn3cnc([N+](=O)[O-])n3)cc2o1. The summed E-state index contributed by atoms with van der Waals surface area (Å²) in [4.78, 5) is 24.5. The van der Waals surface area contributed by atoms with E-state index < -0.39 is 16.5 Å². The second-order valence-electron chi connectivity index (χ2n) is 4.37. The lowest BCUT2D eigenvalue weighted by Gasteiger charge is -2.05. The van der Waals surface area contributed by atoms with Crippen LogP contribution in [0.2, 0.25) is 0 Å². The zero-order valence-corrected chi connectivity index (χ0v) is 11.2. The van der Waals surface area contributed by atoms with Gasteiger partial charge in [0.15, 0.2) is 0 Å². The topological polar surface area (TPSA) is 113 Å². The maximum Gasteiger partial charge on any atom is 0.490 e. The molecule has 3 rings (SSSR count). The van der Waals surface area contributed by atoms with Crippen molar-refractivity contribution in [3.05, 3.63) is 57.2 Å². The van der Waals surface area contributed by atoms with Crippen LogP contribution in [0.5, 0.6) is 5.75 Å². The Morgan fingerprint density at radius 1 is 1.32 bits per heavy atom. The van der Waals surface area contributed by atoms with Gasteiger partial charge in [-0.05, 0) is 23.1 Å². The third-order valence-corrected chi connectivity index (χ3v) is 2.87. The quantitative estimate of drug-likeness (QED) is 0.397. The van der Waals surface area contributed by atoms with E-state index in [0.717, 1.165) is 5.39 Å². The minimum Gasteiger partial charge on any atom is -0.491 e. The number of ether oxygens (including phenoxy) is 1. The van der Waals surface area contributed by atoms with E-state index in [1.165, 1.54) is 17.1 Å². The highest BCUT2D eigenvalue weighted by atomic mass is 16.6. The van der Waals surface area contributed by atoms with Crippen LogP contribution in [-0.4, -0.2) is 26.3 Å². The molecule has 0 amide bonds. The smallest absolute Gasteiger partial charge is 0.490 e. The van der Waals surface area contributed by atoms with E-state index in [2.05, 4.69) is 10.1 Å². The Morgan fingerprint density at radius 2 is 2.14 bits per heavy atom. The molecule has 0 saturated heterocycles. The second kappa shape index (κ2) is 5.64. The fourth-order valence-electron chi connectivity index (χ4n) is 1.86. The van der Waals surface area contributed by atoms with Gasteiger partial charge in [-0.3, -0.25) is 0 Å². The molecule has 0 aliphatic rings. The maximum absolute atomic E-state index is 11.2. The van der Waals surface area contributed by atoms with E-state index in [-0.39, 0.29) is 6.61 Å². The first-order chi connectivity index (χ1) is 10.6. The molecule has 2 aromatic heterocycles. The molecule has 0 aliphatic heterocycles. The Balaban J connectivity index is 1.65. The van der Waals surface area contributed by atoms with E-state index in [0.29, 0.717) is 17.9 Å². The zero-order chi connectivity index (χ0) is 15.5. The first-order valence-electron chi connectivity index (χ1n) is 6.32. The van der Waals surface area contributed by atoms with Crippen LogP contribution in [0.25, 0.3) is 11.0 Å². The van der Waals surface area contributed by atoms with Crippen molar-refractivity contribution in [2.75, 3.05) is 6.61 Å². The third kappa shape index (κ3) is 2.92. The molecule has 22 heavy (non-hydrogen) atoms. The van der Waals surface area contributed by atoms with E-state index in [4.69, 9.17) is 9.15 Å². The van der Waals surface area contributed by atoms with E-state index in [1.807, 2.05) is 0 Å². The van der Waals surface area contributed by atoms with E-state index in [9.17, 15) is 14.9 Å². The summed E-state index contributed by atoms with van der Waals surface area (Å²) in [5.41, 5.74) is 0.000897. The van der Waals surface area contributed by atoms with Crippen molar-refractivity contribution in [2.45, 2.75) is 6.54 Å². The van der Waals surface area contributed by atoms with Gasteiger partial charge >= 0.3 is 11.6 Å². The predicted molar refractivity (Wildman–Crippen MR) is 74.7 cm³/mol. The molecule has 0 spiro atoms. The van der Waals surface area contributed by atoms with Crippen LogP contribution >= 0.6 is 0 Å². The molecule has 0 N–H and O–H groups in total. The Bertz CT molecular complexity index is 885. The number of nitrogens with zero attached hydrogens (tertiary/aromatic N) is 4. The Morgan fingerprint density at radius 3 is 2.91 bits per heavy atom. The number of hydrogen-bond acceptors (Lipinski definition) is 7. The molecule has 112 valence electrons. The van der Waals surface area contributed by atoms with Gasteiger partial charge in [0.1, 0.15) is 17.9 Å². The Kier molecular flexibility index (Phi) is 3.52. The predicted octanol–water partition coefficient (Wildman–Crippen LogP) is 1.37. The fraction of sp³-hybridized carbons (Fsp3) is 0.154. The summed E-state index contributed by atoms with van der Waals surface area (Å²) in [5.74, 6) is 0.0731. The van der Waals surface area contributed by atoms with Crippen LogP contribution in [0, 0.1) is 10.1 Å². The van der Waals surface area contributed by atoms with E-state index in [1.54, 1.807) is 24.3 Å². The molecule has 9 nitrogen and oxygen atoms in total. The summed E-state index contributed by atoms with van der Waals surface area (Å²) in [6.45, 7) is 0.542. The van der Waals surface area contributed by atoms with Gasteiger partial charge in [0, 0.05) is 22.6 Å². The number of benzene rings is 1. The highest BCUT2D eigenvalue weighted by molar-refractivity contribution is 5.77. The highest BCUT2D eigenvalue weighted by Gasteiger charge is 2.12. The minimum atomic E-state index is -0.664. The van der Waals surface area contributed by atoms with Crippen LogP contribution in [0.4, 0.5) is 5.95 Å². The maximum atomic E-state index is 11.2. The lowest BCUT2D eigenvalue weighted by Crippen LogP contribution is -2.09. The molecule has 9 heteroatoms. The summed E-state index contributed by atoms with van der Waals surface area (Å²) in [6.07, 6.45) is 1.26. The third-order valence-electron chi connectivity index (χ3n) is 2.87. The molecular formula is C13H10N4O5. The lowest BCUT2D eigenvalue weighted by atomic mass is 10.2. The second-order valence-corrected chi connectivity index (χ2v) is 4.37. The summed E-state index contributed by atoms with van der Waals surface area (Å²) in [6, 6.07) is 8.14. The van der Waals surface area contributed by atoms with Crippen LogP contribution in [0.3, 0.4) is 0 Å². The normalized spacial score (nSPS) is 10.7. The first-order valence-corrected chi connectivity index (χ1v) is 6.32. The van der Waals surface area contributed by atoms with Crippen molar-refractivity contribution in [1.29, 1.82) is 0 Å². The number of fused-ring (bicyclic) bond motifs is 1. The zero-order valence-electron chi connectivity index (χ0n) is 11.2. The number of rotatable bonds is 5. The van der Waals surface area contributed by atoms with Gasteiger partial charge in [-0.25, -0.2) is 4.79 Å². The molecular weight excluding hydrogens is 292 g/mol. The summed E-state index contributed by atoms with van der Waals surface area (Å²) in [5, 5.41) is 14.9. The molecule has 0 radical (unpaired) electrons. The van der Waals surface area contributed by atoms with Crippen LogP contribution in [0.1, 0.15) is 0 Å². The van der Waals surface area contributed by atoms with Gasteiger partial charge < -0.3 is 19.3 Å². The molecule has 0 bridgehead atoms. The van der Waals surface area contributed by atoms with Crippen LogP contribution in [0.15, 0.2) is 45.9 Å². The van der Waals surface area contributed by atoms with Gasteiger partial charge in [-0.1, -0.05) is 4.98 Å². The molecule has 0 saturated carbocycles. The van der Waals surface area contributed by atoms with Gasteiger partial charge in [0.05, 0.1) is 6.54 Å². The van der Waals surface area contributed by atoms with E-state index >= 15 is 0 Å². The number of hydrogen-bond donors (Lipinski definition) is 0. The van der Waals surface area contributed by atoms with Crippen LogP contribution < -0.4 is 10.4 Å². The number of nitro groups is 1. The van der Waals surface area contributed by atoms with Crippen LogP contribution in [-0.2, 0) is 6.54 Å². The Hall–Kier alpha value is -3.23. The molecule has 3 aromatic rings. The Labute approximate surface area is 122 Å². The van der Waals surface area contributed by atoms with Crippen molar-refractivity contribution in [3.8, 4) is 5.75 Å². The molecule has 2 heterocycles. The average Bonchev–Trinajstić information content (AvgIpc) is 2.96. The van der Waals surface area contributed by atoms with Gasteiger partial charge in [-0.15, -0.1) is 0 Å². The first kappa shape index (κ1) is 13.7. The summed E-state index contributed by atoms with van der Waals surface area (Å²) in [7, 11) is 0. The summed E-state index contributed by atoms with van der Waals surface area (Å²) >= 11 is 0. The van der Waals surface area contributed by atoms with Crippen molar-refractivity contribution >= 4 is 16.9 Å². The van der Waals surface area contributed by atoms with Crippen molar-refractivity contribution < 1.29 is 14.1 Å². The summed E-state index contributed by atoms with van der Waals surface area (Å²) < 4.78 is 11.9. The molecule has 0 fully saturated rings.